The maximum Gasteiger partial charge on any atom is 0.269 e. The van der Waals surface area contributed by atoms with Gasteiger partial charge in [0.25, 0.3) is 5.91 Å². The van der Waals surface area contributed by atoms with Gasteiger partial charge < -0.3 is 19.5 Å². The minimum absolute atomic E-state index is 0.0447. The molecule has 0 unspecified atom stereocenters. The molecule has 0 bridgehead atoms. The Balaban J connectivity index is 1.56. The maximum absolute atomic E-state index is 12.4. The van der Waals surface area contributed by atoms with Gasteiger partial charge in [-0.05, 0) is 23.8 Å². The van der Waals surface area contributed by atoms with Crippen molar-refractivity contribution >= 4 is 22.5 Å². The lowest BCUT2D eigenvalue weighted by Gasteiger charge is -2.14. The van der Waals surface area contributed by atoms with Crippen LogP contribution in [-0.2, 0) is 17.9 Å². The zero-order valence-electron chi connectivity index (χ0n) is 17.8. The molecule has 4 rings (SSSR count). The van der Waals surface area contributed by atoms with Gasteiger partial charge in [-0.15, -0.1) is 10.2 Å². The van der Waals surface area contributed by atoms with Crippen molar-refractivity contribution in [1.29, 1.82) is 0 Å². The fourth-order valence-corrected chi connectivity index (χ4v) is 4.09. The van der Waals surface area contributed by atoms with Crippen molar-refractivity contribution in [2.75, 3.05) is 27.3 Å². The third kappa shape index (κ3) is 4.39. The third-order valence-corrected chi connectivity index (χ3v) is 5.67. The summed E-state index contributed by atoms with van der Waals surface area (Å²) in [5.41, 5.74) is 1.96. The SMILES string of the molecule is COc1ccc(CC(=O)N=Nc2c(O)n(C[NH+]3CCCC3)c3ccccc23)cc1OC. The first-order valence-electron chi connectivity index (χ1n) is 10.4. The molecule has 1 saturated heterocycles. The second-order valence-electron chi connectivity index (χ2n) is 7.69. The van der Waals surface area contributed by atoms with E-state index >= 15 is 0 Å². The van der Waals surface area contributed by atoms with Gasteiger partial charge in [-0.2, -0.15) is 0 Å². The van der Waals surface area contributed by atoms with E-state index in [2.05, 4.69) is 10.2 Å². The molecule has 1 amide bonds. The number of nitrogens with one attached hydrogen (secondary N) is 1. The summed E-state index contributed by atoms with van der Waals surface area (Å²) in [6.45, 7) is 2.85. The third-order valence-electron chi connectivity index (χ3n) is 5.67. The highest BCUT2D eigenvalue weighted by Crippen LogP contribution is 2.38. The van der Waals surface area contributed by atoms with Crippen molar-refractivity contribution < 1.29 is 24.3 Å². The van der Waals surface area contributed by atoms with Crippen molar-refractivity contribution in [1.82, 2.24) is 4.57 Å². The predicted molar refractivity (Wildman–Crippen MR) is 116 cm³/mol. The summed E-state index contributed by atoms with van der Waals surface area (Å²) < 4.78 is 12.4. The van der Waals surface area contributed by atoms with Crippen molar-refractivity contribution in [3.63, 3.8) is 0 Å². The van der Waals surface area contributed by atoms with E-state index < -0.39 is 5.91 Å². The summed E-state index contributed by atoms with van der Waals surface area (Å²) in [5.74, 6) is 0.782. The molecule has 0 radical (unpaired) electrons. The Morgan fingerprint density at radius 1 is 1.10 bits per heavy atom. The molecular formula is C23H27N4O4+. The predicted octanol–water partition coefficient (Wildman–Crippen LogP) is 2.85. The molecule has 0 saturated carbocycles. The molecule has 0 aliphatic carbocycles. The number of fused-ring (bicyclic) bond motifs is 1. The van der Waals surface area contributed by atoms with Crippen LogP contribution in [0, 0.1) is 0 Å². The van der Waals surface area contributed by atoms with E-state index in [1.165, 1.54) is 17.7 Å². The summed E-state index contributed by atoms with van der Waals surface area (Å²) in [7, 11) is 3.11. The van der Waals surface area contributed by atoms with Crippen LogP contribution in [0.15, 0.2) is 52.7 Å². The van der Waals surface area contributed by atoms with Crippen LogP contribution in [0.3, 0.4) is 0 Å². The minimum Gasteiger partial charge on any atom is -0.493 e. The molecule has 0 atom stereocenters. The number of ether oxygens (including phenoxy) is 2. The first kappa shape index (κ1) is 20.9. The molecule has 1 fully saturated rings. The maximum atomic E-state index is 12.4. The molecule has 0 spiro atoms. The molecule has 1 aliphatic rings. The zero-order valence-corrected chi connectivity index (χ0v) is 17.8. The largest absolute Gasteiger partial charge is 0.493 e. The number of benzene rings is 2. The number of likely N-dealkylation sites (tertiary alicyclic amines) is 1. The molecule has 31 heavy (non-hydrogen) atoms. The van der Waals surface area contributed by atoms with Crippen molar-refractivity contribution in [2.24, 2.45) is 10.2 Å². The second kappa shape index (κ2) is 9.18. The second-order valence-corrected chi connectivity index (χ2v) is 7.69. The number of nitrogens with zero attached hydrogens (tertiary/aromatic N) is 3. The van der Waals surface area contributed by atoms with Crippen LogP contribution in [0.25, 0.3) is 10.9 Å². The minimum atomic E-state index is -0.409. The van der Waals surface area contributed by atoms with Crippen LogP contribution in [-0.4, -0.2) is 42.9 Å². The van der Waals surface area contributed by atoms with E-state index in [1.807, 2.05) is 28.8 Å². The van der Waals surface area contributed by atoms with Crippen LogP contribution in [0.4, 0.5) is 5.69 Å². The van der Waals surface area contributed by atoms with Gasteiger partial charge in [0.15, 0.2) is 23.9 Å². The first-order chi connectivity index (χ1) is 15.1. The van der Waals surface area contributed by atoms with E-state index in [1.54, 1.807) is 32.4 Å². The highest BCUT2D eigenvalue weighted by atomic mass is 16.5. The number of quaternary nitrogens is 1. The Morgan fingerprint density at radius 3 is 2.58 bits per heavy atom. The van der Waals surface area contributed by atoms with E-state index in [0.717, 1.165) is 29.6 Å². The Labute approximate surface area is 180 Å². The van der Waals surface area contributed by atoms with E-state index in [-0.39, 0.29) is 12.3 Å². The summed E-state index contributed by atoms with van der Waals surface area (Å²) >= 11 is 0. The molecule has 2 heterocycles. The summed E-state index contributed by atoms with van der Waals surface area (Å²) in [4.78, 5) is 13.9. The van der Waals surface area contributed by atoms with E-state index in [0.29, 0.717) is 23.9 Å². The number of aromatic hydroxyl groups is 1. The number of methoxy groups -OCH3 is 2. The summed E-state index contributed by atoms with van der Waals surface area (Å²) in [6.07, 6.45) is 2.47. The Morgan fingerprint density at radius 2 is 1.84 bits per heavy atom. The van der Waals surface area contributed by atoms with Gasteiger partial charge in [0.2, 0.25) is 5.88 Å². The standard InChI is InChI=1S/C23H26N4O4/c1-30-19-10-9-16(13-20(19)31-2)14-21(28)24-25-22-17-7-3-4-8-18(17)27(23(22)29)15-26-11-5-6-12-26/h3-4,7-10,13,29H,5-6,11-12,14-15H2,1-2H3/p+1. The quantitative estimate of drug-likeness (QED) is 0.572. The average molecular weight is 423 g/mol. The fraction of sp³-hybridized carbons (Fsp3) is 0.348. The van der Waals surface area contributed by atoms with Gasteiger partial charge in [0.05, 0.1) is 39.2 Å². The normalized spacial score (nSPS) is 14.5. The number of carbonyl (C=O) groups excluding carboxylic acids is 1. The lowest BCUT2D eigenvalue weighted by Crippen LogP contribution is -3.09. The number of para-hydroxylation sites is 1. The topological polar surface area (TPSA) is 89.9 Å². The van der Waals surface area contributed by atoms with Gasteiger partial charge in [0.1, 0.15) is 0 Å². The lowest BCUT2D eigenvalue weighted by atomic mass is 10.1. The van der Waals surface area contributed by atoms with Crippen molar-refractivity contribution in [3.8, 4) is 17.4 Å². The highest BCUT2D eigenvalue weighted by molar-refractivity contribution is 5.95. The first-order valence-corrected chi connectivity index (χ1v) is 10.4. The fourth-order valence-electron chi connectivity index (χ4n) is 4.09. The van der Waals surface area contributed by atoms with Crippen LogP contribution in [0.1, 0.15) is 18.4 Å². The molecule has 1 aliphatic heterocycles. The Bertz CT molecular complexity index is 1120. The van der Waals surface area contributed by atoms with Crippen LogP contribution in [0.5, 0.6) is 17.4 Å². The molecule has 2 aromatic carbocycles. The van der Waals surface area contributed by atoms with E-state index in [4.69, 9.17) is 9.47 Å². The smallest absolute Gasteiger partial charge is 0.269 e. The van der Waals surface area contributed by atoms with Crippen LogP contribution < -0.4 is 14.4 Å². The number of rotatable bonds is 7. The van der Waals surface area contributed by atoms with Gasteiger partial charge in [0, 0.05) is 18.2 Å². The number of hydrogen-bond donors (Lipinski definition) is 2. The molecule has 2 N–H and O–H groups in total. The van der Waals surface area contributed by atoms with Crippen molar-refractivity contribution in [2.45, 2.75) is 25.9 Å². The number of amides is 1. The average Bonchev–Trinajstić information content (AvgIpc) is 3.39. The Kier molecular flexibility index (Phi) is 6.18. The van der Waals surface area contributed by atoms with Crippen LogP contribution >= 0.6 is 0 Å². The molecule has 8 heteroatoms. The van der Waals surface area contributed by atoms with Crippen LogP contribution in [0.2, 0.25) is 0 Å². The number of hydrogen-bond acceptors (Lipinski definition) is 5. The monoisotopic (exact) mass is 423 g/mol. The Hall–Kier alpha value is -3.39. The van der Waals surface area contributed by atoms with Gasteiger partial charge >= 0.3 is 0 Å². The number of azo groups is 1. The summed E-state index contributed by atoms with van der Waals surface area (Å²) in [5, 5.41) is 19.7. The van der Waals surface area contributed by atoms with E-state index in [9.17, 15) is 9.90 Å². The summed E-state index contributed by atoms with van der Waals surface area (Å²) in [6, 6.07) is 12.9. The molecular weight excluding hydrogens is 396 g/mol. The van der Waals surface area contributed by atoms with Crippen molar-refractivity contribution in [3.05, 3.63) is 48.0 Å². The number of carbonyl (C=O) groups is 1. The molecule has 162 valence electrons. The molecule has 1 aromatic heterocycles. The number of aromatic nitrogens is 1. The highest BCUT2D eigenvalue weighted by Gasteiger charge is 2.22. The van der Waals surface area contributed by atoms with Gasteiger partial charge in [-0.1, -0.05) is 24.3 Å². The zero-order chi connectivity index (χ0) is 21.8. The molecule has 8 nitrogen and oxygen atoms in total. The van der Waals surface area contributed by atoms with Gasteiger partial charge in [-0.3, -0.25) is 9.36 Å². The van der Waals surface area contributed by atoms with Gasteiger partial charge in [-0.25, -0.2) is 0 Å². The molecule has 3 aromatic rings. The lowest BCUT2D eigenvalue weighted by molar-refractivity contribution is -0.910.